The summed E-state index contributed by atoms with van der Waals surface area (Å²) in [6.07, 6.45) is 2.18. The van der Waals surface area contributed by atoms with E-state index in [9.17, 15) is 4.79 Å². The summed E-state index contributed by atoms with van der Waals surface area (Å²) in [4.78, 5) is 12.2. The van der Waals surface area contributed by atoms with Crippen molar-refractivity contribution in [1.82, 2.24) is 0 Å². The Morgan fingerprint density at radius 2 is 1.87 bits per heavy atom. The van der Waals surface area contributed by atoms with Gasteiger partial charge in [0, 0.05) is 4.83 Å². The van der Waals surface area contributed by atoms with E-state index in [0.29, 0.717) is 12.3 Å². The summed E-state index contributed by atoms with van der Waals surface area (Å²) in [5.41, 5.74) is 0. The molecule has 0 aromatic heterocycles. The predicted molar refractivity (Wildman–Crippen MR) is 72.5 cm³/mol. The van der Waals surface area contributed by atoms with Gasteiger partial charge in [0.25, 0.3) is 0 Å². The first-order valence-corrected chi connectivity index (χ1v) is 7.44. The maximum atomic E-state index is 12.2. The molecule has 1 rings (SSSR count). The summed E-state index contributed by atoms with van der Waals surface area (Å²) in [6, 6.07) is 0. The Hall–Kier alpha value is 1.21. The topological polar surface area (TPSA) is 17.1 Å². The number of alkyl halides is 4. The van der Waals surface area contributed by atoms with Gasteiger partial charge in [0.1, 0.15) is 0 Å². The smallest absolute Gasteiger partial charge is 0.186 e. The van der Waals surface area contributed by atoms with E-state index in [2.05, 4.69) is 45.7 Å². The van der Waals surface area contributed by atoms with Gasteiger partial charge in [0.15, 0.2) is 10.1 Å². The van der Waals surface area contributed by atoms with E-state index in [-0.39, 0.29) is 10.6 Å². The molecule has 0 aromatic carbocycles. The van der Waals surface area contributed by atoms with Crippen molar-refractivity contribution < 1.29 is 4.79 Å². The molecule has 0 saturated heterocycles. The van der Waals surface area contributed by atoms with Crippen LogP contribution in [0.2, 0.25) is 0 Å². The summed E-state index contributed by atoms with van der Waals surface area (Å²) >= 11 is 19.1. The van der Waals surface area contributed by atoms with Gasteiger partial charge in [-0.05, 0) is 25.2 Å². The summed E-state index contributed by atoms with van der Waals surface area (Å²) in [6.45, 7) is 4.13. The molecular formula is C10H14Br2Cl2O. The van der Waals surface area contributed by atoms with Crippen LogP contribution in [0.3, 0.4) is 0 Å². The zero-order valence-electron chi connectivity index (χ0n) is 8.70. The summed E-state index contributed by atoms with van der Waals surface area (Å²) in [5.74, 6) is 0.232. The highest BCUT2D eigenvalue weighted by Gasteiger charge is 2.54. The zero-order chi connectivity index (χ0) is 11.9. The van der Waals surface area contributed by atoms with E-state index in [4.69, 9.17) is 23.2 Å². The van der Waals surface area contributed by atoms with Crippen molar-refractivity contribution in [3.63, 3.8) is 0 Å². The van der Waals surface area contributed by atoms with E-state index >= 15 is 0 Å². The molecule has 0 radical (unpaired) electrons. The fourth-order valence-electron chi connectivity index (χ4n) is 1.89. The van der Waals surface area contributed by atoms with Gasteiger partial charge in [0.05, 0.1) is 4.32 Å². The number of carbonyl (C=O) groups excluding carboxylic acids is 1. The molecule has 88 valence electrons. The number of hydrogen-bond donors (Lipinski definition) is 0. The molecule has 0 bridgehead atoms. The molecule has 1 aliphatic rings. The fraction of sp³-hybridized carbons (Fsp3) is 0.900. The van der Waals surface area contributed by atoms with E-state index < -0.39 is 8.66 Å². The van der Waals surface area contributed by atoms with Crippen LogP contribution in [0.5, 0.6) is 0 Å². The number of halogens is 4. The number of rotatable bonds is 2. The SMILES string of the molecule is CC(C)C(Br)C1(Br)CCCC(Cl)(Cl)C1=O. The molecule has 1 aliphatic carbocycles. The molecule has 0 spiro atoms. The Morgan fingerprint density at radius 3 is 2.33 bits per heavy atom. The normalized spacial score (nSPS) is 33.1. The average Bonchev–Trinajstić information content (AvgIpc) is 2.12. The van der Waals surface area contributed by atoms with Gasteiger partial charge >= 0.3 is 0 Å². The lowest BCUT2D eigenvalue weighted by Crippen LogP contribution is -2.53. The lowest BCUT2D eigenvalue weighted by Gasteiger charge is -2.41. The number of Topliss-reactive ketones (excluding diaryl/α,β-unsaturated/α-hetero) is 1. The number of ketones is 1. The minimum Gasteiger partial charge on any atom is -0.295 e. The Bertz CT molecular complexity index is 268. The molecule has 0 heterocycles. The fourth-order valence-corrected chi connectivity index (χ4v) is 4.31. The minimum absolute atomic E-state index is 0.0506. The van der Waals surface area contributed by atoms with Crippen molar-refractivity contribution in [2.24, 2.45) is 5.92 Å². The van der Waals surface area contributed by atoms with Crippen molar-refractivity contribution in [3.8, 4) is 0 Å². The predicted octanol–water partition coefficient (Wildman–Crippen LogP) is 4.47. The third kappa shape index (κ3) is 2.72. The highest BCUT2D eigenvalue weighted by atomic mass is 79.9. The van der Waals surface area contributed by atoms with Crippen LogP contribution in [0.25, 0.3) is 0 Å². The molecule has 1 fully saturated rings. The standard InChI is InChI=1S/C10H14Br2Cl2O/c1-6(2)7(11)9(12)4-3-5-10(13,14)8(9)15/h6-7H,3-5H2,1-2H3. The lowest BCUT2D eigenvalue weighted by atomic mass is 9.81. The molecule has 5 heteroatoms. The average molecular weight is 381 g/mol. The van der Waals surface area contributed by atoms with E-state index in [1.54, 1.807) is 0 Å². The number of hydrogen-bond acceptors (Lipinski definition) is 1. The largest absolute Gasteiger partial charge is 0.295 e. The highest BCUT2D eigenvalue weighted by Crippen LogP contribution is 2.48. The van der Waals surface area contributed by atoms with Crippen molar-refractivity contribution in [2.75, 3.05) is 0 Å². The Labute approximate surface area is 118 Å². The Balaban J connectivity index is 2.97. The van der Waals surface area contributed by atoms with Crippen molar-refractivity contribution in [1.29, 1.82) is 0 Å². The first-order valence-electron chi connectivity index (χ1n) is 4.97. The van der Waals surface area contributed by atoms with Crippen LogP contribution in [-0.2, 0) is 4.79 Å². The molecule has 0 aromatic rings. The molecule has 0 N–H and O–H groups in total. The van der Waals surface area contributed by atoms with Gasteiger partial charge in [-0.3, -0.25) is 4.79 Å². The monoisotopic (exact) mass is 378 g/mol. The Kier molecular flexibility index (Phi) is 4.60. The lowest BCUT2D eigenvalue weighted by molar-refractivity contribution is -0.123. The maximum absolute atomic E-state index is 12.2. The van der Waals surface area contributed by atoms with Crippen molar-refractivity contribution in [3.05, 3.63) is 0 Å². The summed E-state index contributed by atoms with van der Waals surface area (Å²) < 4.78 is -1.86. The first kappa shape index (κ1) is 14.3. The van der Waals surface area contributed by atoms with Gasteiger partial charge in [-0.15, -0.1) is 0 Å². The quantitative estimate of drug-likeness (QED) is 0.646. The minimum atomic E-state index is -1.23. The van der Waals surface area contributed by atoms with Crippen molar-refractivity contribution >= 4 is 60.8 Å². The van der Waals surface area contributed by atoms with Crippen LogP contribution < -0.4 is 0 Å². The van der Waals surface area contributed by atoms with Gasteiger partial charge in [-0.2, -0.15) is 0 Å². The van der Waals surface area contributed by atoms with Crippen LogP contribution in [-0.4, -0.2) is 19.3 Å². The zero-order valence-corrected chi connectivity index (χ0v) is 13.4. The van der Waals surface area contributed by atoms with Crippen molar-refractivity contribution in [2.45, 2.75) is 46.6 Å². The first-order chi connectivity index (χ1) is 6.72. The van der Waals surface area contributed by atoms with E-state index in [1.165, 1.54) is 0 Å². The molecule has 2 unspecified atom stereocenters. The molecule has 0 amide bonds. The summed E-state index contributed by atoms with van der Waals surface area (Å²) in [5, 5.41) is 0. The van der Waals surface area contributed by atoms with Gasteiger partial charge in [-0.25, -0.2) is 0 Å². The Morgan fingerprint density at radius 1 is 1.33 bits per heavy atom. The van der Waals surface area contributed by atoms with Crippen LogP contribution in [0, 0.1) is 5.92 Å². The molecule has 2 atom stereocenters. The maximum Gasteiger partial charge on any atom is 0.186 e. The molecule has 0 aliphatic heterocycles. The van der Waals surface area contributed by atoms with Crippen LogP contribution >= 0.6 is 55.1 Å². The summed E-state index contributed by atoms with van der Waals surface area (Å²) in [7, 11) is 0. The van der Waals surface area contributed by atoms with Gasteiger partial charge in [0.2, 0.25) is 0 Å². The molecule has 15 heavy (non-hydrogen) atoms. The number of carbonyl (C=O) groups is 1. The molecule has 1 saturated carbocycles. The third-order valence-corrected chi connectivity index (χ3v) is 7.19. The van der Waals surface area contributed by atoms with Crippen LogP contribution in [0.4, 0.5) is 0 Å². The van der Waals surface area contributed by atoms with E-state index in [0.717, 1.165) is 12.8 Å². The second kappa shape index (κ2) is 4.83. The van der Waals surface area contributed by atoms with Crippen LogP contribution in [0.1, 0.15) is 33.1 Å². The second-order valence-electron chi connectivity index (χ2n) is 4.40. The third-order valence-electron chi connectivity index (χ3n) is 2.76. The second-order valence-corrected chi connectivity index (χ2v) is 8.28. The van der Waals surface area contributed by atoms with Crippen LogP contribution in [0.15, 0.2) is 0 Å². The highest BCUT2D eigenvalue weighted by molar-refractivity contribution is 9.12. The molecular weight excluding hydrogens is 367 g/mol. The van der Waals surface area contributed by atoms with E-state index in [1.807, 2.05) is 0 Å². The molecule has 1 nitrogen and oxygen atoms in total. The van der Waals surface area contributed by atoms with Gasteiger partial charge in [-0.1, -0.05) is 68.9 Å². The van der Waals surface area contributed by atoms with Gasteiger partial charge < -0.3 is 0 Å².